The molecular formula is C27H18Cl2N2O6. The van der Waals surface area contributed by atoms with Crippen LogP contribution in [0, 0.1) is 22.0 Å². The molecule has 186 valence electrons. The number of esters is 1. The van der Waals surface area contributed by atoms with Gasteiger partial charge in [0.1, 0.15) is 22.9 Å². The van der Waals surface area contributed by atoms with Crippen LogP contribution in [0.25, 0.3) is 0 Å². The zero-order valence-corrected chi connectivity index (χ0v) is 20.6. The predicted octanol–water partition coefficient (Wildman–Crippen LogP) is 4.23. The topological polar surface area (TPSA) is 107 Å². The molecule has 0 N–H and O–H groups in total. The number of hydrogen-bond donors (Lipinski definition) is 0. The lowest BCUT2D eigenvalue weighted by molar-refractivity contribution is -0.384. The second-order valence-corrected chi connectivity index (χ2v) is 10.5. The van der Waals surface area contributed by atoms with Crippen molar-refractivity contribution < 1.29 is 24.0 Å². The van der Waals surface area contributed by atoms with Crippen LogP contribution in [0.4, 0.5) is 5.69 Å². The maximum atomic E-state index is 13.7. The monoisotopic (exact) mass is 536 g/mol. The van der Waals surface area contributed by atoms with Crippen LogP contribution in [-0.2, 0) is 35.5 Å². The summed E-state index contributed by atoms with van der Waals surface area (Å²) in [6.45, 7) is -0.764. The van der Waals surface area contributed by atoms with Gasteiger partial charge in [-0.15, -0.1) is 23.2 Å². The molecule has 2 amide bonds. The normalized spacial score (nSPS) is 26.9. The number of ether oxygens (including phenoxy) is 1. The fourth-order valence-electron chi connectivity index (χ4n) is 5.93. The molecule has 2 bridgehead atoms. The van der Waals surface area contributed by atoms with Crippen molar-refractivity contribution in [1.29, 1.82) is 0 Å². The Morgan fingerprint density at radius 3 is 1.68 bits per heavy atom. The third-order valence-electron chi connectivity index (χ3n) is 7.51. The minimum Gasteiger partial charge on any atom is -0.459 e. The fourth-order valence-corrected chi connectivity index (χ4v) is 7.03. The summed E-state index contributed by atoms with van der Waals surface area (Å²) in [5.41, 5.74) is 3.14. The predicted molar refractivity (Wildman–Crippen MR) is 133 cm³/mol. The Kier molecular flexibility index (Phi) is 5.19. The molecule has 0 saturated carbocycles. The van der Waals surface area contributed by atoms with Crippen molar-refractivity contribution >= 4 is 46.7 Å². The molecule has 1 saturated heterocycles. The van der Waals surface area contributed by atoms with Crippen LogP contribution in [0.15, 0.2) is 72.8 Å². The Morgan fingerprint density at radius 1 is 0.838 bits per heavy atom. The Labute approximate surface area is 220 Å². The molecule has 1 heterocycles. The van der Waals surface area contributed by atoms with Gasteiger partial charge in [-0.3, -0.25) is 29.4 Å². The van der Waals surface area contributed by atoms with Crippen molar-refractivity contribution in [2.24, 2.45) is 11.8 Å². The summed E-state index contributed by atoms with van der Waals surface area (Å²) in [5, 5.41) is 10.8. The second kappa shape index (κ2) is 8.13. The Bertz CT molecular complexity index is 1380. The van der Waals surface area contributed by atoms with Gasteiger partial charge in [-0.2, -0.15) is 0 Å². The Balaban J connectivity index is 1.30. The minimum absolute atomic E-state index is 0.0902. The van der Waals surface area contributed by atoms with E-state index in [1.807, 2.05) is 48.5 Å². The number of amides is 2. The number of nitrogens with zero attached hydrogens (tertiary/aromatic N) is 2. The number of carbonyl (C=O) groups excluding carboxylic acids is 3. The number of non-ortho nitro benzene ring substituents is 1. The summed E-state index contributed by atoms with van der Waals surface area (Å²) in [5.74, 6) is -3.94. The molecule has 0 spiro atoms. The number of rotatable bonds is 5. The standard InChI is InChI=1S/C27H18Cl2N2O6/c28-26-17-5-1-2-6-18(17)27(29,20-8-4-3-7-19(20)26)23-22(26)24(33)30(25(23)34)13-21(32)37-14-15-9-11-16(12-10-15)31(35)36/h1-12,22-23H,13-14H2/t22-,23-,26?,27?/m0/s1. The number of benzene rings is 3. The van der Waals surface area contributed by atoms with Gasteiger partial charge in [-0.05, 0) is 39.9 Å². The van der Waals surface area contributed by atoms with Gasteiger partial charge in [0.05, 0.1) is 16.8 Å². The Hall–Kier alpha value is -3.75. The third-order valence-corrected chi connectivity index (χ3v) is 8.80. The molecule has 37 heavy (non-hydrogen) atoms. The van der Waals surface area contributed by atoms with E-state index >= 15 is 0 Å². The van der Waals surface area contributed by atoms with E-state index in [2.05, 4.69) is 0 Å². The lowest BCUT2D eigenvalue weighted by Crippen LogP contribution is -2.57. The van der Waals surface area contributed by atoms with Crippen LogP contribution in [-0.4, -0.2) is 34.2 Å². The van der Waals surface area contributed by atoms with E-state index < -0.39 is 50.8 Å². The minimum atomic E-state index is -1.32. The highest BCUT2D eigenvalue weighted by Gasteiger charge is 2.73. The molecule has 1 fully saturated rings. The van der Waals surface area contributed by atoms with Gasteiger partial charge in [0.15, 0.2) is 0 Å². The highest BCUT2D eigenvalue weighted by molar-refractivity contribution is 6.36. The SMILES string of the molecule is O=C(CN1C(=O)[C@@H]2[C@@H](C1=O)C1(Cl)c3ccccc3C2(Cl)c2ccccc21)OCc1ccc([N+](=O)[O-])cc1. The molecule has 0 radical (unpaired) electrons. The number of nitro benzene ring substituents is 1. The first-order valence-electron chi connectivity index (χ1n) is 11.5. The van der Waals surface area contributed by atoms with Crippen molar-refractivity contribution in [2.45, 2.75) is 16.4 Å². The quantitative estimate of drug-likeness (QED) is 0.159. The van der Waals surface area contributed by atoms with Crippen LogP contribution in [0.5, 0.6) is 0 Å². The summed E-state index contributed by atoms with van der Waals surface area (Å²) >= 11 is 14.7. The molecule has 1 aliphatic heterocycles. The maximum Gasteiger partial charge on any atom is 0.326 e. The number of nitro groups is 1. The van der Waals surface area contributed by atoms with Crippen molar-refractivity contribution in [3.05, 3.63) is 111 Å². The number of likely N-dealkylation sites (tertiary alicyclic amines) is 1. The smallest absolute Gasteiger partial charge is 0.326 e. The molecule has 7 rings (SSSR count). The van der Waals surface area contributed by atoms with Gasteiger partial charge < -0.3 is 4.74 Å². The first-order chi connectivity index (χ1) is 17.7. The molecule has 0 aromatic heterocycles. The van der Waals surface area contributed by atoms with E-state index in [4.69, 9.17) is 27.9 Å². The van der Waals surface area contributed by atoms with Crippen LogP contribution < -0.4 is 0 Å². The molecule has 10 heteroatoms. The zero-order valence-electron chi connectivity index (χ0n) is 19.1. The fraction of sp³-hybridized carbons (Fsp3) is 0.222. The number of halogens is 2. The van der Waals surface area contributed by atoms with E-state index in [0.29, 0.717) is 27.8 Å². The summed E-state index contributed by atoms with van der Waals surface area (Å²) in [6, 6.07) is 20.1. The van der Waals surface area contributed by atoms with E-state index in [1.54, 1.807) is 0 Å². The van der Waals surface area contributed by atoms with Crippen molar-refractivity contribution in [1.82, 2.24) is 4.90 Å². The summed E-state index contributed by atoms with van der Waals surface area (Å²) in [6.07, 6.45) is 0. The van der Waals surface area contributed by atoms with Crippen LogP contribution >= 0.6 is 23.2 Å². The number of hydrogen-bond acceptors (Lipinski definition) is 6. The van der Waals surface area contributed by atoms with E-state index in [9.17, 15) is 24.5 Å². The number of imide groups is 1. The first kappa shape index (κ1) is 23.6. The summed E-state index contributed by atoms with van der Waals surface area (Å²) in [7, 11) is 0. The van der Waals surface area contributed by atoms with Crippen molar-refractivity contribution in [3.8, 4) is 0 Å². The van der Waals surface area contributed by atoms with Crippen LogP contribution in [0.1, 0.15) is 27.8 Å². The van der Waals surface area contributed by atoms with Crippen LogP contribution in [0.3, 0.4) is 0 Å². The number of carbonyl (C=O) groups is 3. The summed E-state index contributed by atoms with van der Waals surface area (Å²) < 4.78 is 5.26. The molecule has 0 unspecified atom stereocenters. The largest absolute Gasteiger partial charge is 0.459 e. The van der Waals surface area contributed by atoms with E-state index in [1.165, 1.54) is 24.3 Å². The molecular weight excluding hydrogens is 519 g/mol. The molecule has 3 aromatic carbocycles. The van der Waals surface area contributed by atoms with Gasteiger partial charge >= 0.3 is 5.97 Å². The van der Waals surface area contributed by atoms with E-state index in [-0.39, 0.29) is 12.3 Å². The molecule has 3 aromatic rings. The highest BCUT2D eigenvalue weighted by atomic mass is 35.5. The summed E-state index contributed by atoms with van der Waals surface area (Å²) in [4.78, 5) is 48.6. The lowest BCUT2D eigenvalue weighted by atomic mass is 9.54. The Morgan fingerprint density at radius 2 is 1.27 bits per heavy atom. The van der Waals surface area contributed by atoms with Crippen molar-refractivity contribution in [2.75, 3.05) is 6.54 Å². The van der Waals surface area contributed by atoms with Crippen LogP contribution in [0.2, 0.25) is 0 Å². The van der Waals surface area contributed by atoms with E-state index in [0.717, 1.165) is 4.90 Å². The molecule has 3 aliphatic carbocycles. The second-order valence-electron chi connectivity index (χ2n) is 9.32. The van der Waals surface area contributed by atoms with Crippen molar-refractivity contribution in [3.63, 3.8) is 0 Å². The highest BCUT2D eigenvalue weighted by Crippen LogP contribution is 2.69. The lowest BCUT2D eigenvalue weighted by Gasteiger charge is -2.54. The molecule has 4 aliphatic rings. The number of alkyl halides is 2. The maximum absolute atomic E-state index is 13.7. The van der Waals surface area contributed by atoms with Gasteiger partial charge in [0.2, 0.25) is 11.8 Å². The van der Waals surface area contributed by atoms with Gasteiger partial charge in [-0.1, -0.05) is 48.5 Å². The van der Waals surface area contributed by atoms with Gasteiger partial charge in [0, 0.05) is 12.1 Å². The molecule has 2 atom stereocenters. The average Bonchev–Trinajstić information content (AvgIpc) is 3.16. The van der Waals surface area contributed by atoms with Gasteiger partial charge in [0.25, 0.3) is 5.69 Å². The van der Waals surface area contributed by atoms with Gasteiger partial charge in [-0.25, -0.2) is 0 Å². The third kappa shape index (κ3) is 3.12. The average molecular weight is 537 g/mol. The first-order valence-corrected chi connectivity index (χ1v) is 12.3. The zero-order chi connectivity index (χ0) is 26.1. The molecule has 8 nitrogen and oxygen atoms in total.